The summed E-state index contributed by atoms with van der Waals surface area (Å²) in [5.74, 6) is 0.638. The van der Waals surface area contributed by atoms with E-state index < -0.39 is 0 Å². The van der Waals surface area contributed by atoms with E-state index in [0.717, 1.165) is 26.4 Å². The molecule has 3 nitrogen and oxygen atoms in total. The Kier molecular flexibility index (Phi) is 3.04. The van der Waals surface area contributed by atoms with Crippen molar-refractivity contribution in [2.24, 2.45) is 5.92 Å². The third kappa shape index (κ3) is 2.31. The minimum atomic E-state index is 0.470. The zero-order chi connectivity index (χ0) is 11.7. The van der Waals surface area contributed by atoms with Crippen LogP contribution in [-0.2, 0) is 22.7 Å². The summed E-state index contributed by atoms with van der Waals surface area (Å²) in [7, 11) is 0. The molecule has 0 bridgehead atoms. The van der Waals surface area contributed by atoms with Gasteiger partial charge in [-0.3, -0.25) is 0 Å². The van der Waals surface area contributed by atoms with Gasteiger partial charge in [-0.15, -0.1) is 0 Å². The smallest absolute Gasteiger partial charge is 0.0725 e. The quantitative estimate of drug-likeness (QED) is 0.870. The molecule has 2 unspecified atom stereocenters. The fourth-order valence-electron chi connectivity index (χ4n) is 2.59. The molecule has 2 heterocycles. The molecule has 0 radical (unpaired) electrons. The van der Waals surface area contributed by atoms with E-state index in [-0.39, 0.29) is 0 Å². The van der Waals surface area contributed by atoms with Crippen LogP contribution in [0.1, 0.15) is 24.5 Å². The van der Waals surface area contributed by atoms with Gasteiger partial charge in [0.05, 0.1) is 19.8 Å². The van der Waals surface area contributed by atoms with Gasteiger partial charge in [-0.05, 0) is 36.6 Å². The highest BCUT2D eigenvalue weighted by Gasteiger charge is 2.22. The number of fused-ring (bicyclic) bond motifs is 1. The molecule has 1 saturated heterocycles. The molecule has 0 saturated carbocycles. The van der Waals surface area contributed by atoms with Crippen LogP contribution in [0, 0.1) is 5.92 Å². The van der Waals surface area contributed by atoms with Gasteiger partial charge in [0.1, 0.15) is 0 Å². The van der Waals surface area contributed by atoms with E-state index in [1.165, 1.54) is 23.2 Å². The lowest BCUT2D eigenvalue weighted by Crippen LogP contribution is -2.26. The SMILES string of the molecule is CC(Nc1ccc2c(c1)COC2)C1CCOC1. The molecular formula is C14H19NO2. The lowest BCUT2D eigenvalue weighted by atomic mass is 10.00. The Labute approximate surface area is 102 Å². The highest BCUT2D eigenvalue weighted by molar-refractivity contribution is 5.49. The molecule has 3 heteroatoms. The predicted molar refractivity (Wildman–Crippen MR) is 66.9 cm³/mol. The van der Waals surface area contributed by atoms with Gasteiger partial charge in [-0.2, -0.15) is 0 Å². The molecule has 0 amide bonds. The molecule has 0 aliphatic carbocycles. The third-order valence-corrected chi connectivity index (χ3v) is 3.79. The maximum Gasteiger partial charge on any atom is 0.0725 e. The van der Waals surface area contributed by atoms with Crippen LogP contribution in [0.15, 0.2) is 18.2 Å². The summed E-state index contributed by atoms with van der Waals surface area (Å²) < 4.78 is 10.9. The minimum Gasteiger partial charge on any atom is -0.382 e. The topological polar surface area (TPSA) is 30.5 Å². The number of rotatable bonds is 3. The van der Waals surface area contributed by atoms with Crippen molar-refractivity contribution in [3.8, 4) is 0 Å². The zero-order valence-electron chi connectivity index (χ0n) is 10.2. The Morgan fingerprint density at radius 3 is 2.94 bits per heavy atom. The summed E-state index contributed by atoms with van der Waals surface area (Å²) >= 11 is 0. The van der Waals surface area contributed by atoms with Crippen LogP contribution in [0.5, 0.6) is 0 Å². The molecule has 3 rings (SSSR count). The molecular weight excluding hydrogens is 214 g/mol. The van der Waals surface area contributed by atoms with Gasteiger partial charge in [-0.1, -0.05) is 6.07 Å². The molecule has 1 aromatic rings. The Bertz CT molecular complexity index is 399. The first-order valence-electron chi connectivity index (χ1n) is 6.37. The average Bonchev–Trinajstić information content (AvgIpc) is 2.99. The van der Waals surface area contributed by atoms with Gasteiger partial charge in [0.25, 0.3) is 0 Å². The second-order valence-electron chi connectivity index (χ2n) is 5.03. The van der Waals surface area contributed by atoms with Gasteiger partial charge >= 0.3 is 0 Å². The fourth-order valence-corrected chi connectivity index (χ4v) is 2.59. The third-order valence-electron chi connectivity index (χ3n) is 3.79. The van der Waals surface area contributed by atoms with Crippen molar-refractivity contribution in [2.75, 3.05) is 18.5 Å². The molecule has 1 aromatic carbocycles. The summed E-state index contributed by atoms with van der Waals surface area (Å²) in [5, 5.41) is 3.58. The zero-order valence-corrected chi connectivity index (χ0v) is 10.2. The second-order valence-corrected chi connectivity index (χ2v) is 5.03. The highest BCUT2D eigenvalue weighted by atomic mass is 16.5. The van der Waals surface area contributed by atoms with E-state index in [4.69, 9.17) is 9.47 Å². The van der Waals surface area contributed by atoms with Gasteiger partial charge in [-0.25, -0.2) is 0 Å². The van der Waals surface area contributed by atoms with E-state index in [0.29, 0.717) is 12.0 Å². The van der Waals surface area contributed by atoms with Gasteiger partial charge in [0.15, 0.2) is 0 Å². The number of benzene rings is 1. The Morgan fingerprint density at radius 2 is 2.12 bits per heavy atom. The van der Waals surface area contributed by atoms with E-state index in [9.17, 15) is 0 Å². The van der Waals surface area contributed by atoms with Crippen molar-refractivity contribution in [3.63, 3.8) is 0 Å². The maximum absolute atomic E-state index is 5.43. The van der Waals surface area contributed by atoms with Crippen LogP contribution in [0.4, 0.5) is 5.69 Å². The molecule has 17 heavy (non-hydrogen) atoms. The monoisotopic (exact) mass is 233 g/mol. The summed E-state index contributed by atoms with van der Waals surface area (Å²) in [4.78, 5) is 0. The first-order valence-corrected chi connectivity index (χ1v) is 6.37. The predicted octanol–water partition coefficient (Wildman–Crippen LogP) is 2.55. The first kappa shape index (κ1) is 11.1. The van der Waals surface area contributed by atoms with Gasteiger partial charge < -0.3 is 14.8 Å². The van der Waals surface area contributed by atoms with Crippen LogP contribution in [0.3, 0.4) is 0 Å². The van der Waals surface area contributed by atoms with Crippen molar-refractivity contribution in [1.29, 1.82) is 0 Å². The van der Waals surface area contributed by atoms with Crippen molar-refractivity contribution in [3.05, 3.63) is 29.3 Å². The average molecular weight is 233 g/mol. The fraction of sp³-hybridized carbons (Fsp3) is 0.571. The molecule has 2 aliphatic heterocycles. The summed E-state index contributed by atoms with van der Waals surface area (Å²) in [6, 6.07) is 7.01. The van der Waals surface area contributed by atoms with Crippen LogP contribution in [0.2, 0.25) is 0 Å². The molecule has 1 N–H and O–H groups in total. The lowest BCUT2D eigenvalue weighted by Gasteiger charge is -2.20. The van der Waals surface area contributed by atoms with Crippen molar-refractivity contribution in [1.82, 2.24) is 0 Å². The van der Waals surface area contributed by atoms with E-state index in [2.05, 4.69) is 30.4 Å². The molecule has 92 valence electrons. The molecule has 0 spiro atoms. The van der Waals surface area contributed by atoms with Gasteiger partial charge in [0.2, 0.25) is 0 Å². The van der Waals surface area contributed by atoms with Crippen LogP contribution >= 0.6 is 0 Å². The minimum absolute atomic E-state index is 0.470. The van der Waals surface area contributed by atoms with Gasteiger partial charge in [0, 0.05) is 24.3 Å². The van der Waals surface area contributed by atoms with E-state index in [1.54, 1.807) is 0 Å². The molecule has 2 aliphatic rings. The standard InChI is InChI=1S/C14H19NO2/c1-10(11-4-5-16-7-11)15-14-3-2-12-8-17-9-13(12)6-14/h2-3,6,10-11,15H,4-5,7-9H2,1H3. The lowest BCUT2D eigenvalue weighted by molar-refractivity contribution is 0.134. The molecule has 2 atom stereocenters. The van der Waals surface area contributed by atoms with Crippen molar-refractivity contribution < 1.29 is 9.47 Å². The van der Waals surface area contributed by atoms with Crippen LogP contribution in [-0.4, -0.2) is 19.3 Å². The normalized spacial score (nSPS) is 24.6. The Balaban J connectivity index is 1.68. The highest BCUT2D eigenvalue weighted by Crippen LogP contribution is 2.25. The van der Waals surface area contributed by atoms with E-state index >= 15 is 0 Å². The van der Waals surface area contributed by atoms with Crippen LogP contribution < -0.4 is 5.32 Å². The number of nitrogens with one attached hydrogen (secondary N) is 1. The summed E-state index contributed by atoms with van der Waals surface area (Å²) in [6.07, 6.45) is 1.17. The first-order chi connectivity index (χ1) is 8.33. The summed E-state index contributed by atoms with van der Waals surface area (Å²) in [6.45, 7) is 5.56. The molecule has 1 fully saturated rings. The van der Waals surface area contributed by atoms with E-state index in [1.807, 2.05) is 0 Å². The number of hydrogen-bond donors (Lipinski definition) is 1. The second kappa shape index (κ2) is 4.67. The summed E-state index contributed by atoms with van der Waals surface area (Å²) in [5.41, 5.74) is 3.85. The Morgan fingerprint density at radius 1 is 1.24 bits per heavy atom. The maximum atomic E-state index is 5.43. The Hall–Kier alpha value is -1.06. The molecule has 0 aromatic heterocycles. The van der Waals surface area contributed by atoms with Crippen molar-refractivity contribution in [2.45, 2.75) is 32.6 Å². The largest absolute Gasteiger partial charge is 0.382 e. The van der Waals surface area contributed by atoms with Crippen LogP contribution in [0.25, 0.3) is 0 Å². The number of anilines is 1. The number of hydrogen-bond acceptors (Lipinski definition) is 3. The van der Waals surface area contributed by atoms with Crippen molar-refractivity contribution >= 4 is 5.69 Å². The number of ether oxygens (including phenoxy) is 2.